The SMILES string of the molecule is CC(C)(C)[C@H](NC(=O)[C@H](Cc1ccccc1)NC(=O)CNC(=O)C/C=C/[C@H](N)Cc1cccc(O)c1)C(=O)O. The molecule has 7 N–H and O–H groups in total. The zero-order valence-corrected chi connectivity index (χ0v) is 22.5. The van der Waals surface area contributed by atoms with Gasteiger partial charge < -0.3 is 31.9 Å². The van der Waals surface area contributed by atoms with Crippen LogP contribution in [-0.4, -0.2) is 58.6 Å². The van der Waals surface area contributed by atoms with Crippen molar-refractivity contribution in [3.63, 3.8) is 0 Å². The summed E-state index contributed by atoms with van der Waals surface area (Å²) in [5.41, 5.74) is 6.93. The Hall–Kier alpha value is -4.18. The van der Waals surface area contributed by atoms with Crippen LogP contribution in [0.4, 0.5) is 0 Å². The van der Waals surface area contributed by atoms with Crippen LogP contribution in [0.2, 0.25) is 0 Å². The summed E-state index contributed by atoms with van der Waals surface area (Å²) in [6.07, 6.45) is 3.91. The molecule has 0 bridgehead atoms. The van der Waals surface area contributed by atoms with Crippen molar-refractivity contribution in [2.45, 2.75) is 58.2 Å². The Balaban J connectivity index is 1.92. The van der Waals surface area contributed by atoms with Crippen LogP contribution in [0.1, 0.15) is 38.3 Å². The number of phenolic OH excluding ortho intramolecular Hbond substituents is 1. The van der Waals surface area contributed by atoms with E-state index in [1.807, 2.05) is 12.1 Å². The van der Waals surface area contributed by atoms with E-state index < -0.39 is 41.2 Å². The summed E-state index contributed by atoms with van der Waals surface area (Å²) >= 11 is 0. The number of phenols is 1. The standard InChI is InChI=1S/C29H38N4O6/c1-29(2,3)26(28(38)39)33-27(37)23(17-19-9-5-4-6-10-19)32-25(36)18-31-24(35)14-8-12-21(30)15-20-11-7-13-22(34)16-20/h4-13,16,21,23,26,34H,14-15,17-18,30H2,1-3H3,(H,31,35)(H,32,36)(H,33,37)(H,38,39)/b12-8+/t21-,23-,26+/m0/s1. The molecule has 2 rings (SSSR count). The second-order valence-corrected chi connectivity index (χ2v) is 10.4. The van der Waals surface area contributed by atoms with Gasteiger partial charge in [-0.3, -0.25) is 14.4 Å². The quantitative estimate of drug-likeness (QED) is 0.211. The number of amides is 3. The lowest BCUT2D eigenvalue weighted by Crippen LogP contribution is -2.56. The van der Waals surface area contributed by atoms with Crippen LogP contribution < -0.4 is 21.7 Å². The predicted octanol–water partition coefficient (Wildman–Crippen LogP) is 1.67. The van der Waals surface area contributed by atoms with Gasteiger partial charge in [0.25, 0.3) is 0 Å². The summed E-state index contributed by atoms with van der Waals surface area (Å²) in [6, 6.07) is 13.2. The first-order chi connectivity index (χ1) is 18.3. The number of nitrogens with one attached hydrogen (secondary N) is 3. The van der Waals surface area contributed by atoms with Crippen LogP contribution in [0.25, 0.3) is 0 Å². The number of benzene rings is 2. The molecule has 0 aromatic heterocycles. The van der Waals surface area contributed by atoms with E-state index in [2.05, 4.69) is 16.0 Å². The number of aliphatic carboxylic acids is 1. The molecule has 0 radical (unpaired) electrons. The van der Waals surface area contributed by atoms with Crippen molar-refractivity contribution < 1.29 is 29.4 Å². The molecule has 2 aromatic rings. The molecule has 0 saturated carbocycles. The normalized spacial score (nSPS) is 13.7. The molecule has 0 saturated heterocycles. The number of hydrogen-bond acceptors (Lipinski definition) is 6. The van der Waals surface area contributed by atoms with E-state index in [9.17, 15) is 29.4 Å². The van der Waals surface area contributed by atoms with Crippen LogP contribution in [0.3, 0.4) is 0 Å². The van der Waals surface area contributed by atoms with Crippen molar-refractivity contribution in [2.24, 2.45) is 11.1 Å². The van der Waals surface area contributed by atoms with Gasteiger partial charge in [0, 0.05) is 18.9 Å². The third kappa shape index (κ3) is 11.4. The van der Waals surface area contributed by atoms with Crippen molar-refractivity contribution in [2.75, 3.05) is 6.54 Å². The smallest absolute Gasteiger partial charge is 0.326 e. The van der Waals surface area contributed by atoms with E-state index in [0.717, 1.165) is 11.1 Å². The van der Waals surface area contributed by atoms with Gasteiger partial charge in [-0.15, -0.1) is 0 Å². The van der Waals surface area contributed by atoms with Gasteiger partial charge in [-0.05, 0) is 35.1 Å². The monoisotopic (exact) mass is 538 g/mol. The molecule has 0 aliphatic heterocycles. The summed E-state index contributed by atoms with van der Waals surface area (Å²) in [7, 11) is 0. The Bertz CT molecular complexity index is 1160. The van der Waals surface area contributed by atoms with Crippen LogP contribution >= 0.6 is 0 Å². The topological polar surface area (TPSA) is 171 Å². The van der Waals surface area contributed by atoms with E-state index in [4.69, 9.17) is 5.73 Å². The molecule has 10 heteroatoms. The van der Waals surface area contributed by atoms with Crippen LogP contribution in [0, 0.1) is 5.41 Å². The van der Waals surface area contributed by atoms with Gasteiger partial charge in [-0.2, -0.15) is 0 Å². The van der Waals surface area contributed by atoms with Gasteiger partial charge in [0.15, 0.2) is 0 Å². The Kier molecular flexibility index (Phi) is 11.7. The molecule has 3 atom stereocenters. The molecule has 0 spiro atoms. The third-order valence-electron chi connectivity index (χ3n) is 5.85. The molecule has 0 aliphatic carbocycles. The molecule has 0 unspecified atom stereocenters. The Labute approximate surface area is 228 Å². The minimum absolute atomic E-state index is 0.000817. The molecule has 0 aliphatic rings. The van der Waals surface area contributed by atoms with Crippen molar-refractivity contribution in [3.05, 3.63) is 77.9 Å². The number of aromatic hydroxyl groups is 1. The highest BCUT2D eigenvalue weighted by atomic mass is 16.4. The highest BCUT2D eigenvalue weighted by molar-refractivity contribution is 5.92. The largest absolute Gasteiger partial charge is 0.508 e. The van der Waals surface area contributed by atoms with Crippen molar-refractivity contribution in [1.29, 1.82) is 0 Å². The minimum Gasteiger partial charge on any atom is -0.508 e. The highest BCUT2D eigenvalue weighted by Gasteiger charge is 2.34. The van der Waals surface area contributed by atoms with E-state index in [-0.39, 0.29) is 31.2 Å². The first-order valence-corrected chi connectivity index (χ1v) is 12.7. The molecular formula is C29H38N4O6. The van der Waals surface area contributed by atoms with Gasteiger partial charge in [0.2, 0.25) is 17.7 Å². The summed E-state index contributed by atoms with van der Waals surface area (Å²) in [4.78, 5) is 49.6. The fourth-order valence-electron chi connectivity index (χ4n) is 3.82. The number of nitrogens with two attached hydrogens (primary N) is 1. The third-order valence-corrected chi connectivity index (χ3v) is 5.85. The van der Waals surface area contributed by atoms with E-state index in [1.165, 1.54) is 0 Å². The zero-order chi connectivity index (χ0) is 29.0. The van der Waals surface area contributed by atoms with Crippen LogP contribution in [0.15, 0.2) is 66.7 Å². The molecule has 210 valence electrons. The molecular weight excluding hydrogens is 500 g/mol. The average Bonchev–Trinajstić information content (AvgIpc) is 2.85. The number of carboxylic acid groups (broad SMARTS) is 1. The second kappa shape index (κ2) is 14.7. The molecule has 0 heterocycles. The number of carboxylic acids is 1. The Morgan fingerprint density at radius 1 is 0.923 bits per heavy atom. The van der Waals surface area contributed by atoms with Crippen LogP contribution in [0.5, 0.6) is 5.75 Å². The van der Waals surface area contributed by atoms with Gasteiger partial charge >= 0.3 is 5.97 Å². The van der Waals surface area contributed by atoms with Crippen molar-refractivity contribution in [3.8, 4) is 5.75 Å². The first-order valence-electron chi connectivity index (χ1n) is 12.7. The molecule has 0 fully saturated rings. The number of rotatable bonds is 13. The van der Waals surface area contributed by atoms with E-state index in [1.54, 1.807) is 75.4 Å². The zero-order valence-electron chi connectivity index (χ0n) is 22.5. The lowest BCUT2D eigenvalue weighted by Gasteiger charge is -2.29. The molecule has 10 nitrogen and oxygen atoms in total. The maximum absolute atomic E-state index is 13.0. The predicted molar refractivity (Wildman–Crippen MR) is 148 cm³/mol. The first kappa shape index (κ1) is 31.0. The van der Waals surface area contributed by atoms with Crippen molar-refractivity contribution in [1.82, 2.24) is 16.0 Å². The lowest BCUT2D eigenvalue weighted by molar-refractivity contribution is -0.145. The Morgan fingerprint density at radius 2 is 1.59 bits per heavy atom. The molecule has 2 aromatic carbocycles. The van der Waals surface area contributed by atoms with Gasteiger partial charge in [-0.1, -0.05) is 75.4 Å². The fraction of sp³-hybridized carbons (Fsp3) is 0.379. The summed E-state index contributed by atoms with van der Waals surface area (Å²) in [6.45, 7) is 4.73. The second-order valence-electron chi connectivity index (χ2n) is 10.4. The maximum Gasteiger partial charge on any atom is 0.326 e. The summed E-state index contributed by atoms with van der Waals surface area (Å²) in [5.74, 6) is -2.66. The number of hydrogen-bond donors (Lipinski definition) is 6. The van der Waals surface area contributed by atoms with Gasteiger partial charge in [0.1, 0.15) is 17.8 Å². The summed E-state index contributed by atoms with van der Waals surface area (Å²) < 4.78 is 0. The average molecular weight is 539 g/mol. The van der Waals surface area contributed by atoms with Gasteiger partial charge in [0.05, 0.1) is 6.54 Å². The number of carbonyl (C=O) groups is 4. The highest BCUT2D eigenvalue weighted by Crippen LogP contribution is 2.20. The van der Waals surface area contributed by atoms with Crippen LogP contribution in [-0.2, 0) is 32.0 Å². The molecule has 3 amide bonds. The number of carbonyl (C=O) groups excluding carboxylic acids is 3. The minimum atomic E-state index is -1.18. The fourth-order valence-corrected chi connectivity index (χ4v) is 3.82. The summed E-state index contributed by atoms with van der Waals surface area (Å²) in [5, 5.41) is 26.8. The van der Waals surface area contributed by atoms with E-state index >= 15 is 0 Å². The van der Waals surface area contributed by atoms with Gasteiger partial charge in [-0.25, -0.2) is 4.79 Å². The van der Waals surface area contributed by atoms with E-state index in [0.29, 0.717) is 6.42 Å². The Morgan fingerprint density at radius 3 is 2.21 bits per heavy atom. The lowest BCUT2D eigenvalue weighted by atomic mass is 9.86. The maximum atomic E-state index is 13.0. The van der Waals surface area contributed by atoms with Crippen molar-refractivity contribution >= 4 is 23.7 Å². The molecule has 39 heavy (non-hydrogen) atoms.